The van der Waals surface area contributed by atoms with E-state index in [9.17, 15) is 5.11 Å². The Hall–Kier alpha value is -3.60. The number of hydrogen-bond acceptors (Lipinski definition) is 5. The Morgan fingerprint density at radius 2 is 1.79 bits per heavy atom. The van der Waals surface area contributed by atoms with Crippen LogP contribution in [0.2, 0.25) is 0 Å². The number of nitrogens with zero attached hydrogens (tertiary/aromatic N) is 2. The number of aryl methyl sites for hydroxylation is 1. The summed E-state index contributed by atoms with van der Waals surface area (Å²) >= 11 is 0. The molecule has 0 unspecified atom stereocenters. The van der Waals surface area contributed by atoms with Crippen molar-refractivity contribution in [1.82, 2.24) is 9.97 Å². The number of aromatic hydroxyl groups is 1. The van der Waals surface area contributed by atoms with Gasteiger partial charge in [0.25, 0.3) is 0 Å². The van der Waals surface area contributed by atoms with Crippen molar-refractivity contribution in [2.45, 2.75) is 13.0 Å². The molecule has 0 aliphatic carbocycles. The van der Waals surface area contributed by atoms with E-state index < -0.39 is 0 Å². The van der Waals surface area contributed by atoms with Crippen LogP contribution in [0.5, 0.6) is 11.5 Å². The summed E-state index contributed by atoms with van der Waals surface area (Å²) in [7, 11) is 1.64. The number of hydrogen-bond donors (Lipinski definition) is 2. The summed E-state index contributed by atoms with van der Waals surface area (Å²) in [5.74, 6) is 1.60. The van der Waals surface area contributed by atoms with Gasteiger partial charge in [0.1, 0.15) is 22.8 Å². The summed E-state index contributed by atoms with van der Waals surface area (Å²) in [6, 6.07) is 20.9. The summed E-state index contributed by atoms with van der Waals surface area (Å²) in [5.41, 5.74) is 3.09. The number of aromatic nitrogens is 2. The normalized spacial score (nSPS) is 11.9. The van der Waals surface area contributed by atoms with Gasteiger partial charge in [-0.05, 0) is 31.2 Å². The fourth-order valence-corrected chi connectivity index (χ4v) is 3.38. The summed E-state index contributed by atoms with van der Waals surface area (Å²) < 4.78 is 5.58. The molecule has 0 spiro atoms. The molecular weight excluding hydrogens is 350 g/mol. The van der Waals surface area contributed by atoms with E-state index in [2.05, 4.69) is 15.3 Å². The molecule has 2 aromatic carbocycles. The third kappa shape index (κ3) is 3.34. The van der Waals surface area contributed by atoms with E-state index in [1.807, 2.05) is 73.7 Å². The molecular formula is C23H21N3O2. The number of ether oxygens (including phenoxy) is 1. The average molecular weight is 371 g/mol. The van der Waals surface area contributed by atoms with E-state index >= 15 is 0 Å². The maximum absolute atomic E-state index is 11.0. The van der Waals surface area contributed by atoms with Crippen molar-refractivity contribution in [1.29, 1.82) is 0 Å². The molecule has 4 aromatic rings. The van der Waals surface area contributed by atoms with Gasteiger partial charge < -0.3 is 15.2 Å². The maximum atomic E-state index is 11.0. The van der Waals surface area contributed by atoms with Gasteiger partial charge in [-0.3, -0.25) is 4.98 Å². The molecule has 0 fully saturated rings. The third-order valence-electron chi connectivity index (χ3n) is 4.72. The Morgan fingerprint density at radius 1 is 0.929 bits per heavy atom. The van der Waals surface area contributed by atoms with Crippen molar-refractivity contribution >= 4 is 16.7 Å². The minimum atomic E-state index is -0.364. The van der Waals surface area contributed by atoms with Crippen LogP contribution in [-0.4, -0.2) is 22.2 Å². The number of nitrogens with one attached hydrogen (secondary N) is 1. The lowest BCUT2D eigenvalue weighted by Crippen LogP contribution is -2.15. The highest BCUT2D eigenvalue weighted by molar-refractivity contribution is 5.86. The Balaban J connectivity index is 1.89. The first-order valence-electron chi connectivity index (χ1n) is 9.07. The standard InChI is InChI=1S/C23H21N3O2/c1-15-7-5-11-20(25-15)26-22(17-9-3-4-10-19(17)28-2)18-13-12-16-8-6-14-24-21(16)23(18)27/h3-14,22,27H,1-2H3,(H,25,26)/t22-/m0/s1. The van der Waals surface area contributed by atoms with Crippen LogP contribution in [0.3, 0.4) is 0 Å². The molecule has 5 nitrogen and oxygen atoms in total. The summed E-state index contributed by atoms with van der Waals surface area (Å²) in [6.45, 7) is 1.95. The van der Waals surface area contributed by atoms with Gasteiger partial charge in [0.05, 0.1) is 13.2 Å². The first-order chi connectivity index (χ1) is 13.7. The van der Waals surface area contributed by atoms with Crippen LogP contribution in [0.15, 0.2) is 72.9 Å². The molecule has 5 heteroatoms. The number of pyridine rings is 2. The molecule has 0 saturated carbocycles. The van der Waals surface area contributed by atoms with Crippen LogP contribution < -0.4 is 10.1 Å². The van der Waals surface area contributed by atoms with Gasteiger partial charge in [0.15, 0.2) is 0 Å². The molecule has 0 radical (unpaired) electrons. The zero-order valence-corrected chi connectivity index (χ0v) is 15.8. The molecule has 1 atom stereocenters. The lowest BCUT2D eigenvalue weighted by molar-refractivity contribution is 0.408. The second kappa shape index (κ2) is 7.56. The number of anilines is 1. The highest BCUT2D eigenvalue weighted by Crippen LogP contribution is 2.39. The zero-order chi connectivity index (χ0) is 19.5. The number of phenols is 1. The molecule has 0 aliphatic rings. The highest BCUT2D eigenvalue weighted by atomic mass is 16.5. The number of para-hydroxylation sites is 1. The third-order valence-corrected chi connectivity index (χ3v) is 4.72. The predicted molar refractivity (Wildman–Crippen MR) is 111 cm³/mol. The first kappa shape index (κ1) is 17.8. The van der Waals surface area contributed by atoms with E-state index in [4.69, 9.17) is 4.74 Å². The fourth-order valence-electron chi connectivity index (χ4n) is 3.38. The lowest BCUT2D eigenvalue weighted by Gasteiger charge is -2.23. The van der Waals surface area contributed by atoms with Crippen molar-refractivity contribution in [3.63, 3.8) is 0 Å². The Bertz CT molecular complexity index is 1130. The molecule has 0 saturated heterocycles. The van der Waals surface area contributed by atoms with Gasteiger partial charge in [0, 0.05) is 28.4 Å². The second-order valence-electron chi connectivity index (χ2n) is 6.56. The topological polar surface area (TPSA) is 67.3 Å². The largest absolute Gasteiger partial charge is 0.505 e. The lowest BCUT2D eigenvalue weighted by atomic mass is 9.95. The predicted octanol–water partition coefficient (Wildman–Crippen LogP) is 4.85. The fraction of sp³-hybridized carbons (Fsp3) is 0.130. The van der Waals surface area contributed by atoms with Crippen LogP contribution in [0.1, 0.15) is 22.9 Å². The Kier molecular flexibility index (Phi) is 4.81. The van der Waals surface area contributed by atoms with E-state index in [0.717, 1.165) is 28.2 Å². The smallest absolute Gasteiger partial charge is 0.147 e. The highest BCUT2D eigenvalue weighted by Gasteiger charge is 2.23. The monoisotopic (exact) mass is 371 g/mol. The average Bonchev–Trinajstić information content (AvgIpc) is 2.73. The summed E-state index contributed by atoms with van der Waals surface area (Å²) in [5, 5.41) is 15.4. The van der Waals surface area contributed by atoms with Gasteiger partial charge in [-0.15, -0.1) is 0 Å². The number of fused-ring (bicyclic) bond motifs is 1. The van der Waals surface area contributed by atoms with Crippen molar-refractivity contribution < 1.29 is 9.84 Å². The minimum Gasteiger partial charge on any atom is -0.505 e. The number of phenolic OH excluding ortho intramolecular Hbond substituents is 1. The molecule has 140 valence electrons. The minimum absolute atomic E-state index is 0.147. The van der Waals surface area contributed by atoms with Crippen LogP contribution in [0.25, 0.3) is 10.9 Å². The van der Waals surface area contributed by atoms with E-state index in [0.29, 0.717) is 11.1 Å². The van der Waals surface area contributed by atoms with Crippen LogP contribution in [0.4, 0.5) is 5.82 Å². The van der Waals surface area contributed by atoms with E-state index in [1.54, 1.807) is 13.3 Å². The molecule has 0 amide bonds. The van der Waals surface area contributed by atoms with Crippen LogP contribution in [-0.2, 0) is 0 Å². The number of rotatable bonds is 5. The second-order valence-corrected chi connectivity index (χ2v) is 6.56. The molecule has 28 heavy (non-hydrogen) atoms. The van der Waals surface area contributed by atoms with Crippen molar-refractivity contribution in [3.8, 4) is 11.5 Å². The Morgan fingerprint density at radius 3 is 2.61 bits per heavy atom. The first-order valence-corrected chi connectivity index (χ1v) is 9.07. The van der Waals surface area contributed by atoms with Crippen LogP contribution in [0, 0.1) is 6.92 Å². The van der Waals surface area contributed by atoms with Crippen molar-refractivity contribution in [2.24, 2.45) is 0 Å². The maximum Gasteiger partial charge on any atom is 0.147 e. The quantitative estimate of drug-likeness (QED) is 0.525. The van der Waals surface area contributed by atoms with Gasteiger partial charge in [-0.2, -0.15) is 0 Å². The van der Waals surface area contributed by atoms with E-state index in [1.165, 1.54) is 0 Å². The SMILES string of the molecule is COc1ccccc1[C@H](Nc1cccc(C)n1)c1ccc2cccnc2c1O. The van der Waals surface area contributed by atoms with Gasteiger partial charge in [0.2, 0.25) is 0 Å². The van der Waals surface area contributed by atoms with E-state index in [-0.39, 0.29) is 11.8 Å². The Labute approximate surface area is 163 Å². The van der Waals surface area contributed by atoms with Crippen molar-refractivity contribution in [2.75, 3.05) is 12.4 Å². The van der Waals surface area contributed by atoms with Crippen LogP contribution >= 0.6 is 0 Å². The molecule has 0 bridgehead atoms. The van der Waals surface area contributed by atoms with Gasteiger partial charge in [-0.25, -0.2) is 4.98 Å². The van der Waals surface area contributed by atoms with Gasteiger partial charge in [-0.1, -0.05) is 42.5 Å². The number of benzene rings is 2. The molecule has 2 N–H and O–H groups in total. The van der Waals surface area contributed by atoms with Crippen molar-refractivity contribution in [3.05, 3.63) is 89.7 Å². The zero-order valence-electron chi connectivity index (χ0n) is 15.8. The summed E-state index contributed by atoms with van der Waals surface area (Å²) in [4.78, 5) is 8.92. The number of methoxy groups -OCH3 is 1. The molecule has 0 aliphatic heterocycles. The molecule has 4 rings (SSSR count). The summed E-state index contributed by atoms with van der Waals surface area (Å²) in [6.07, 6.45) is 1.68. The van der Waals surface area contributed by atoms with Gasteiger partial charge >= 0.3 is 0 Å². The molecule has 2 aromatic heterocycles. The molecule has 2 heterocycles.